The molecule has 2 heterocycles. The molecule has 28 heavy (non-hydrogen) atoms. The topological polar surface area (TPSA) is 110 Å². The van der Waals surface area contributed by atoms with Crippen LogP contribution in [-0.2, 0) is 27.6 Å². The van der Waals surface area contributed by atoms with Gasteiger partial charge in [0.2, 0.25) is 5.91 Å². The van der Waals surface area contributed by atoms with E-state index < -0.39 is 27.4 Å². The van der Waals surface area contributed by atoms with Crippen LogP contribution < -0.4 is 11.1 Å². The van der Waals surface area contributed by atoms with Crippen molar-refractivity contribution in [1.82, 2.24) is 4.90 Å². The number of carbonyl (C=O) groups is 2. The van der Waals surface area contributed by atoms with Gasteiger partial charge in [-0.2, -0.15) is 0 Å². The summed E-state index contributed by atoms with van der Waals surface area (Å²) in [6, 6.07) is 5.60. The SMILES string of the molecule is CCN1CCc2c(sc(NC(=O)CS(=O)(=O)c3ccc(Cl)cc3)c2C(N)=O)C1. The molecule has 3 rings (SSSR count). The second kappa shape index (κ2) is 8.20. The number of amides is 2. The fraction of sp³-hybridized carbons (Fsp3) is 0.333. The molecular formula is C18H20ClN3O4S2. The van der Waals surface area contributed by atoms with Crippen LogP contribution in [0.25, 0.3) is 0 Å². The lowest BCUT2D eigenvalue weighted by Crippen LogP contribution is -2.30. The average Bonchev–Trinajstić information content (AvgIpc) is 2.98. The maximum absolute atomic E-state index is 12.4. The Morgan fingerprint density at radius 2 is 1.96 bits per heavy atom. The predicted molar refractivity (Wildman–Crippen MR) is 110 cm³/mol. The molecule has 0 saturated carbocycles. The van der Waals surface area contributed by atoms with Gasteiger partial charge in [-0.3, -0.25) is 14.5 Å². The van der Waals surface area contributed by atoms with Crippen LogP contribution in [0.4, 0.5) is 5.00 Å². The third kappa shape index (κ3) is 4.38. The highest BCUT2D eigenvalue weighted by atomic mass is 35.5. The fourth-order valence-corrected chi connectivity index (χ4v) is 5.71. The lowest BCUT2D eigenvalue weighted by atomic mass is 10.0. The molecule has 1 aromatic heterocycles. The van der Waals surface area contributed by atoms with E-state index in [0.29, 0.717) is 23.0 Å². The van der Waals surface area contributed by atoms with E-state index in [1.807, 2.05) is 0 Å². The van der Waals surface area contributed by atoms with E-state index in [-0.39, 0.29) is 10.5 Å². The minimum atomic E-state index is -3.83. The predicted octanol–water partition coefficient (Wildman–Crippen LogP) is 2.29. The Bertz CT molecular complexity index is 1020. The van der Waals surface area contributed by atoms with Crippen LogP contribution in [0.15, 0.2) is 29.2 Å². The van der Waals surface area contributed by atoms with Crippen LogP contribution in [0.3, 0.4) is 0 Å². The Morgan fingerprint density at radius 1 is 1.29 bits per heavy atom. The van der Waals surface area contributed by atoms with E-state index in [1.54, 1.807) is 0 Å². The highest BCUT2D eigenvalue weighted by molar-refractivity contribution is 7.92. The number of thiophene rings is 1. The number of anilines is 1. The molecule has 1 aliphatic rings. The van der Waals surface area contributed by atoms with Gasteiger partial charge >= 0.3 is 0 Å². The number of fused-ring (bicyclic) bond motifs is 1. The van der Waals surface area contributed by atoms with Crippen molar-refractivity contribution in [3.05, 3.63) is 45.3 Å². The van der Waals surface area contributed by atoms with E-state index >= 15 is 0 Å². The molecule has 0 radical (unpaired) electrons. The molecule has 2 amide bonds. The molecule has 0 aliphatic carbocycles. The van der Waals surface area contributed by atoms with Crippen molar-refractivity contribution >= 4 is 49.6 Å². The number of hydrogen-bond acceptors (Lipinski definition) is 6. The molecule has 1 aromatic carbocycles. The van der Waals surface area contributed by atoms with Crippen molar-refractivity contribution in [1.29, 1.82) is 0 Å². The second-order valence-corrected chi connectivity index (χ2v) is 9.98. The van der Waals surface area contributed by atoms with Gasteiger partial charge < -0.3 is 11.1 Å². The van der Waals surface area contributed by atoms with Crippen LogP contribution in [0.1, 0.15) is 27.7 Å². The number of likely N-dealkylation sites (N-methyl/N-ethyl adjacent to an activating group) is 1. The zero-order chi connectivity index (χ0) is 20.5. The molecule has 2 aromatic rings. The molecule has 3 N–H and O–H groups in total. The summed E-state index contributed by atoms with van der Waals surface area (Å²) in [5.74, 6) is -2.09. The van der Waals surface area contributed by atoms with E-state index in [9.17, 15) is 18.0 Å². The number of rotatable bonds is 6. The Morgan fingerprint density at radius 3 is 2.57 bits per heavy atom. The molecular weight excluding hydrogens is 422 g/mol. The first kappa shape index (κ1) is 20.8. The molecule has 0 atom stereocenters. The third-order valence-electron chi connectivity index (χ3n) is 4.58. The van der Waals surface area contributed by atoms with Gasteiger partial charge in [0.05, 0.1) is 10.5 Å². The quantitative estimate of drug-likeness (QED) is 0.714. The largest absolute Gasteiger partial charge is 0.365 e. The van der Waals surface area contributed by atoms with Crippen molar-refractivity contribution in [2.45, 2.75) is 24.8 Å². The number of sulfone groups is 1. The molecule has 1 aliphatic heterocycles. The van der Waals surface area contributed by atoms with Crippen LogP contribution in [0, 0.1) is 0 Å². The highest BCUT2D eigenvalue weighted by Crippen LogP contribution is 2.37. The van der Waals surface area contributed by atoms with E-state index in [4.69, 9.17) is 17.3 Å². The number of nitrogens with zero attached hydrogens (tertiary/aromatic N) is 1. The molecule has 7 nitrogen and oxygen atoms in total. The first-order valence-electron chi connectivity index (χ1n) is 8.66. The van der Waals surface area contributed by atoms with E-state index in [2.05, 4.69) is 17.1 Å². The van der Waals surface area contributed by atoms with E-state index in [0.717, 1.165) is 23.5 Å². The number of nitrogens with one attached hydrogen (secondary N) is 1. The zero-order valence-corrected chi connectivity index (χ0v) is 17.6. The number of hydrogen-bond donors (Lipinski definition) is 2. The highest BCUT2D eigenvalue weighted by Gasteiger charge is 2.28. The van der Waals surface area contributed by atoms with Crippen LogP contribution >= 0.6 is 22.9 Å². The van der Waals surface area contributed by atoms with Crippen molar-refractivity contribution in [3.8, 4) is 0 Å². The second-order valence-electron chi connectivity index (χ2n) is 6.45. The summed E-state index contributed by atoms with van der Waals surface area (Å²) >= 11 is 7.05. The maximum Gasteiger partial charge on any atom is 0.251 e. The molecule has 0 spiro atoms. The van der Waals surface area contributed by atoms with Crippen LogP contribution in [0.5, 0.6) is 0 Å². The first-order valence-corrected chi connectivity index (χ1v) is 11.5. The van der Waals surface area contributed by atoms with Crippen molar-refractivity contribution in [3.63, 3.8) is 0 Å². The number of halogens is 1. The van der Waals surface area contributed by atoms with Crippen molar-refractivity contribution < 1.29 is 18.0 Å². The van der Waals surface area contributed by atoms with Gasteiger partial charge in [-0.1, -0.05) is 18.5 Å². The normalized spacial score (nSPS) is 14.5. The smallest absolute Gasteiger partial charge is 0.251 e. The Labute approximate surface area is 172 Å². The number of carbonyl (C=O) groups excluding carboxylic acids is 2. The number of primary amides is 1. The monoisotopic (exact) mass is 441 g/mol. The summed E-state index contributed by atoms with van der Waals surface area (Å²) < 4.78 is 24.9. The Kier molecular flexibility index (Phi) is 6.09. The molecule has 0 unspecified atom stereocenters. The first-order chi connectivity index (χ1) is 13.2. The molecule has 0 fully saturated rings. The van der Waals surface area contributed by atoms with Crippen LogP contribution in [0.2, 0.25) is 5.02 Å². The lowest BCUT2D eigenvalue weighted by Gasteiger charge is -2.25. The van der Waals surface area contributed by atoms with Gasteiger partial charge in [0.25, 0.3) is 5.91 Å². The molecule has 0 bridgehead atoms. The minimum absolute atomic E-state index is 0.00577. The van der Waals surface area contributed by atoms with Crippen LogP contribution in [-0.4, -0.2) is 44.0 Å². The van der Waals surface area contributed by atoms with Gasteiger partial charge in [0.1, 0.15) is 10.8 Å². The maximum atomic E-state index is 12.4. The Hall–Kier alpha value is -1.94. The van der Waals surface area contributed by atoms with Gasteiger partial charge in [0, 0.05) is 23.0 Å². The van der Waals surface area contributed by atoms with Crippen molar-refractivity contribution in [2.75, 3.05) is 24.2 Å². The summed E-state index contributed by atoms with van der Waals surface area (Å²) in [6.07, 6.45) is 0.664. The standard InChI is InChI=1S/C18H20ClN3O4S2/c1-2-22-8-7-13-14(9-22)27-18(16(13)17(20)24)21-15(23)10-28(25,26)12-5-3-11(19)4-6-12/h3-6H,2,7-10H2,1H3,(H2,20,24)(H,21,23). The molecule has 150 valence electrons. The van der Waals surface area contributed by atoms with Gasteiger partial charge in [-0.15, -0.1) is 11.3 Å². The minimum Gasteiger partial charge on any atom is -0.365 e. The van der Waals surface area contributed by atoms with Crippen molar-refractivity contribution in [2.24, 2.45) is 5.73 Å². The molecule has 10 heteroatoms. The van der Waals surface area contributed by atoms with Gasteiger partial charge in [0.15, 0.2) is 9.84 Å². The van der Waals surface area contributed by atoms with Gasteiger partial charge in [-0.05, 0) is 42.8 Å². The number of nitrogens with two attached hydrogens (primary N) is 1. The summed E-state index contributed by atoms with van der Waals surface area (Å²) in [6.45, 7) is 4.41. The fourth-order valence-electron chi connectivity index (χ4n) is 3.14. The average molecular weight is 442 g/mol. The summed E-state index contributed by atoms with van der Waals surface area (Å²) in [5, 5.41) is 3.29. The molecule has 0 saturated heterocycles. The summed E-state index contributed by atoms with van der Waals surface area (Å²) in [7, 11) is -3.83. The van der Waals surface area contributed by atoms with E-state index in [1.165, 1.54) is 35.6 Å². The summed E-state index contributed by atoms with van der Waals surface area (Å²) in [4.78, 5) is 27.6. The Balaban J connectivity index is 1.81. The lowest BCUT2D eigenvalue weighted by molar-refractivity contribution is -0.113. The summed E-state index contributed by atoms with van der Waals surface area (Å²) in [5.41, 5.74) is 6.66. The number of benzene rings is 1. The van der Waals surface area contributed by atoms with Gasteiger partial charge in [-0.25, -0.2) is 8.42 Å². The zero-order valence-electron chi connectivity index (χ0n) is 15.2. The third-order valence-corrected chi connectivity index (χ3v) is 7.59.